The number of esters is 1. The number of aliphatic hydroxyl groups excluding tert-OH is 1. The van der Waals surface area contributed by atoms with Gasteiger partial charge in [-0.1, -0.05) is 18.2 Å². The predicted octanol–water partition coefficient (Wildman–Crippen LogP) is 6.69. The second-order valence-electron chi connectivity index (χ2n) is 10.5. The molecule has 2 aromatic rings. The van der Waals surface area contributed by atoms with Gasteiger partial charge in [-0.15, -0.1) is 13.2 Å². The highest BCUT2D eigenvalue weighted by Gasteiger charge is 2.33. The van der Waals surface area contributed by atoms with Crippen LogP contribution in [-0.4, -0.2) is 36.3 Å². The largest absolute Gasteiger partial charge is 0.493 e. The topological polar surface area (TPSA) is 84.9 Å². The Morgan fingerprint density at radius 3 is 2.50 bits per heavy atom. The molecule has 0 saturated heterocycles. The van der Waals surface area contributed by atoms with Crippen LogP contribution < -0.4 is 10.1 Å². The van der Waals surface area contributed by atoms with Crippen molar-refractivity contribution in [3.8, 4) is 16.9 Å². The molecule has 0 unspecified atom stereocenters. The van der Waals surface area contributed by atoms with Crippen molar-refractivity contribution >= 4 is 11.9 Å². The minimum atomic E-state index is -1.37. The second kappa shape index (κ2) is 14.3. The van der Waals surface area contributed by atoms with E-state index in [1.165, 1.54) is 6.08 Å². The first kappa shape index (κ1) is 31.1. The van der Waals surface area contributed by atoms with Gasteiger partial charge < -0.3 is 19.9 Å². The Kier molecular flexibility index (Phi) is 11.1. The average molecular weight is 552 g/mol. The fourth-order valence-corrected chi connectivity index (χ4v) is 4.91. The van der Waals surface area contributed by atoms with Crippen molar-refractivity contribution in [3.05, 3.63) is 77.1 Å². The second-order valence-corrected chi connectivity index (χ2v) is 10.5. The molecule has 7 heteroatoms. The third-order valence-electron chi connectivity index (χ3n) is 7.28. The summed E-state index contributed by atoms with van der Waals surface area (Å²) in [6.07, 6.45) is 5.05. The van der Waals surface area contributed by atoms with Crippen LogP contribution in [0.15, 0.2) is 43.5 Å². The molecule has 1 amide bonds. The number of carbonyl (C=O) groups is 2. The van der Waals surface area contributed by atoms with Crippen molar-refractivity contribution in [1.82, 2.24) is 5.32 Å². The van der Waals surface area contributed by atoms with Gasteiger partial charge in [0.05, 0.1) is 25.7 Å². The van der Waals surface area contributed by atoms with Crippen molar-refractivity contribution in [3.63, 3.8) is 0 Å². The summed E-state index contributed by atoms with van der Waals surface area (Å²) in [6, 6.07) is 4.62. The standard InChI is InChI=1S/C33H42FNO5/c1-7-10-11-15-40-32-22(6)20(4)16-21(5)30(32)24-17-25(23-13-14-23)31(34)26(18-24)27(19-29(37)39-9-3)35-33(38)28(36)12-8-2/h7-8,16-18,23,27-28,36H,1-2,9-15,19H2,3-6H3,(H,35,38)/t27-,28+/m0/s1. The molecular weight excluding hydrogens is 509 g/mol. The number of unbranched alkanes of at least 4 members (excludes halogenated alkanes) is 1. The molecule has 2 atom stereocenters. The molecule has 0 spiro atoms. The number of allylic oxidation sites excluding steroid dienone is 1. The Morgan fingerprint density at radius 2 is 1.88 bits per heavy atom. The maximum Gasteiger partial charge on any atom is 0.308 e. The Hall–Kier alpha value is -3.45. The lowest BCUT2D eigenvalue weighted by Crippen LogP contribution is -2.38. The van der Waals surface area contributed by atoms with Gasteiger partial charge in [-0.3, -0.25) is 9.59 Å². The fourth-order valence-electron chi connectivity index (χ4n) is 4.91. The number of nitrogens with one attached hydrogen (secondary N) is 1. The molecule has 1 fully saturated rings. The van der Waals surface area contributed by atoms with Crippen molar-refractivity contribution < 1.29 is 28.6 Å². The maximum absolute atomic E-state index is 16.2. The van der Waals surface area contributed by atoms with E-state index in [0.29, 0.717) is 12.2 Å². The molecule has 3 rings (SSSR count). The molecule has 2 N–H and O–H groups in total. The van der Waals surface area contributed by atoms with Crippen molar-refractivity contribution in [1.29, 1.82) is 0 Å². The van der Waals surface area contributed by atoms with E-state index in [2.05, 4.69) is 24.5 Å². The summed E-state index contributed by atoms with van der Waals surface area (Å²) < 4.78 is 27.6. The van der Waals surface area contributed by atoms with Crippen LogP contribution in [-0.2, 0) is 14.3 Å². The maximum atomic E-state index is 16.2. The number of hydrogen-bond donors (Lipinski definition) is 2. The molecule has 40 heavy (non-hydrogen) atoms. The molecule has 0 aliphatic heterocycles. The van der Waals surface area contributed by atoms with Crippen LogP contribution in [0.25, 0.3) is 11.1 Å². The summed E-state index contributed by atoms with van der Waals surface area (Å²) in [5, 5.41) is 12.9. The van der Waals surface area contributed by atoms with E-state index in [1.807, 2.05) is 32.9 Å². The number of carbonyl (C=O) groups excluding carboxylic acids is 2. The monoisotopic (exact) mass is 551 g/mol. The van der Waals surface area contributed by atoms with Crippen LogP contribution in [0.4, 0.5) is 4.39 Å². The summed E-state index contributed by atoms with van der Waals surface area (Å²) >= 11 is 0. The highest BCUT2D eigenvalue weighted by atomic mass is 19.1. The van der Waals surface area contributed by atoms with Crippen LogP contribution in [0.3, 0.4) is 0 Å². The quantitative estimate of drug-likeness (QED) is 0.146. The molecule has 2 aromatic carbocycles. The zero-order valence-corrected chi connectivity index (χ0v) is 24.1. The number of aliphatic hydroxyl groups is 1. The van der Waals surface area contributed by atoms with E-state index in [4.69, 9.17) is 9.47 Å². The van der Waals surface area contributed by atoms with E-state index in [1.54, 1.807) is 13.0 Å². The lowest BCUT2D eigenvalue weighted by molar-refractivity contribution is -0.144. The molecule has 0 radical (unpaired) electrons. The zero-order valence-electron chi connectivity index (χ0n) is 24.1. The molecular formula is C33H42FNO5. The first-order chi connectivity index (χ1) is 19.1. The third-order valence-corrected chi connectivity index (χ3v) is 7.28. The third kappa shape index (κ3) is 7.60. The number of halogens is 1. The Morgan fingerprint density at radius 1 is 1.15 bits per heavy atom. The first-order valence-electron chi connectivity index (χ1n) is 14.1. The van der Waals surface area contributed by atoms with Crippen LogP contribution in [0.5, 0.6) is 5.75 Å². The number of amides is 1. The van der Waals surface area contributed by atoms with E-state index in [0.717, 1.165) is 59.3 Å². The molecule has 1 aliphatic carbocycles. The fraction of sp³-hybridized carbons (Fsp3) is 0.455. The smallest absolute Gasteiger partial charge is 0.308 e. The van der Waals surface area contributed by atoms with Gasteiger partial charge in [0.15, 0.2) is 0 Å². The number of hydrogen-bond acceptors (Lipinski definition) is 5. The number of benzene rings is 2. The van der Waals surface area contributed by atoms with Gasteiger partial charge >= 0.3 is 5.97 Å². The van der Waals surface area contributed by atoms with Crippen molar-refractivity contribution in [2.24, 2.45) is 0 Å². The predicted molar refractivity (Wildman–Crippen MR) is 156 cm³/mol. The number of ether oxygens (including phenoxy) is 2. The van der Waals surface area contributed by atoms with Crippen molar-refractivity contribution in [2.75, 3.05) is 13.2 Å². The van der Waals surface area contributed by atoms with Gasteiger partial charge in [0.2, 0.25) is 5.91 Å². The van der Waals surface area contributed by atoms with E-state index in [9.17, 15) is 14.7 Å². The zero-order chi connectivity index (χ0) is 29.4. The molecule has 216 valence electrons. The number of aryl methyl sites for hydroxylation is 2. The summed E-state index contributed by atoms with van der Waals surface area (Å²) in [7, 11) is 0. The lowest BCUT2D eigenvalue weighted by atomic mass is 9.88. The van der Waals surface area contributed by atoms with E-state index in [-0.39, 0.29) is 30.9 Å². The lowest BCUT2D eigenvalue weighted by Gasteiger charge is -2.24. The Labute approximate surface area is 237 Å². The van der Waals surface area contributed by atoms with Crippen molar-refractivity contribution in [2.45, 2.75) is 84.3 Å². The Balaban J connectivity index is 2.17. The summed E-state index contributed by atoms with van der Waals surface area (Å²) in [4.78, 5) is 25.4. The SMILES string of the molecule is C=CCCCOc1c(C)c(C)cc(C)c1-c1cc(C2CC2)c(F)c([C@H](CC(=O)OCC)NC(=O)[C@H](O)CC=C)c1. The van der Waals surface area contributed by atoms with Gasteiger partial charge in [0.1, 0.15) is 17.7 Å². The van der Waals surface area contributed by atoms with Crippen LogP contribution in [0, 0.1) is 26.6 Å². The van der Waals surface area contributed by atoms with Gasteiger partial charge in [0.25, 0.3) is 0 Å². The highest BCUT2D eigenvalue weighted by Crippen LogP contribution is 2.46. The minimum Gasteiger partial charge on any atom is -0.493 e. The van der Waals surface area contributed by atoms with Gasteiger partial charge in [-0.25, -0.2) is 4.39 Å². The Bertz CT molecular complexity index is 1250. The van der Waals surface area contributed by atoms with Gasteiger partial charge in [-0.05, 0) is 99.2 Å². The highest BCUT2D eigenvalue weighted by molar-refractivity contribution is 5.83. The molecule has 0 bridgehead atoms. The molecule has 1 aliphatic rings. The molecule has 1 saturated carbocycles. The van der Waals surface area contributed by atoms with Gasteiger partial charge in [-0.2, -0.15) is 0 Å². The van der Waals surface area contributed by atoms with Crippen LogP contribution in [0.1, 0.15) is 85.2 Å². The minimum absolute atomic E-state index is 0.0300. The van der Waals surface area contributed by atoms with E-state index < -0.39 is 29.8 Å². The average Bonchev–Trinajstić information content (AvgIpc) is 3.75. The van der Waals surface area contributed by atoms with E-state index >= 15 is 4.39 Å². The first-order valence-corrected chi connectivity index (χ1v) is 14.1. The summed E-state index contributed by atoms with van der Waals surface area (Å²) in [6.45, 7) is 15.7. The molecule has 0 aromatic heterocycles. The normalized spacial score (nSPS) is 14.2. The summed E-state index contributed by atoms with van der Waals surface area (Å²) in [5.41, 5.74) is 5.42. The van der Waals surface area contributed by atoms with Gasteiger partial charge in [0, 0.05) is 17.5 Å². The molecule has 0 heterocycles. The summed E-state index contributed by atoms with van der Waals surface area (Å²) in [5.74, 6) is -0.923. The molecule has 6 nitrogen and oxygen atoms in total. The number of rotatable bonds is 15. The van der Waals surface area contributed by atoms with Crippen LogP contribution >= 0.6 is 0 Å². The van der Waals surface area contributed by atoms with Crippen LogP contribution in [0.2, 0.25) is 0 Å².